The topological polar surface area (TPSA) is 0 Å². The van der Waals surface area contributed by atoms with E-state index < -0.39 is 0 Å². The maximum Gasteiger partial charge on any atom is -0.00295 e. The smallest absolute Gasteiger partial charge is 0.00295 e. The van der Waals surface area contributed by atoms with Crippen LogP contribution in [0.15, 0.2) is 16.8 Å². The van der Waals surface area contributed by atoms with Crippen LogP contribution in [0, 0.1) is 0 Å². The summed E-state index contributed by atoms with van der Waals surface area (Å²) >= 11 is 3.69. The number of aryl methyl sites for hydroxylation is 1. The molecule has 0 spiro atoms. The van der Waals surface area contributed by atoms with Gasteiger partial charge in [-0.3, -0.25) is 0 Å². The lowest BCUT2D eigenvalue weighted by molar-refractivity contribution is 1.18. The van der Waals surface area contributed by atoms with Gasteiger partial charge < -0.3 is 0 Å². The Bertz CT molecular complexity index is 144. The van der Waals surface area contributed by atoms with Crippen LogP contribution >= 0.6 is 23.1 Å². The van der Waals surface area contributed by atoms with Crippen LogP contribution in [0.3, 0.4) is 0 Å². The fourth-order valence-electron chi connectivity index (χ4n) is 0.655. The van der Waals surface area contributed by atoms with E-state index in [1.165, 1.54) is 17.7 Å². The quantitative estimate of drug-likeness (QED) is 0.651. The summed E-state index contributed by atoms with van der Waals surface area (Å²) in [5.74, 6) is 1.25. The summed E-state index contributed by atoms with van der Waals surface area (Å²) in [5, 5.41) is 4.35. The van der Waals surface area contributed by atoms with Crippen LogP contribution < -0.4 is 0 Å². The number of thioether (sulfide) groups is 1. The first-order valence-corrected chi connectivity index (χ1v) is 5.27. The van der Waals surface area contributed by atoms with E-state index in [4.69, 9.17) is 0 Å². The molecule has 1 aromatic rings. The van der Waals surface area contributed by atoms with Crippen molar-refractivity contribution in [1.82, 2.24) is 0 Å². The first-order chi connectivity index (χ1) is 4.43. The molecular formula is C7H10S2. The maximum atomic E-state index is 2.22. The van der Waals surface area contributed by atoms with E-state index in [1.54, 1.807) is 11.3 Å². The second-order valence-corrected chi connectivity index (χ2v) is 3.64. The zero-order chi connectivity index (χ0) is 6.53. The van der Waals surface area contributed by atoms with Crippen LogP contribution in [-0.4, -0.2) is 12.0 Å². The van der Waals surface area contributed by atoms with E-state index in [9.17, 15) is 0 Å². The highest BCUT2D eigenvalue weighted by Gasteiger charge is 1.89. The lowest BCUT2D eigenvalue weighted by Crippen LogP contribution is -1.82. The van der Waals surface area contributed by atoms with Gasteiger partial charge in [-0.05, 0) is 40.8 Å². The molecule has 0 unspecified atom stereocenters. The van der Waals surface area contributed by atoms with E-state index in [1.807, 2.05) is 11.8 Å². The lowest BCUT2D eigenvalue weighted by Gasteiger charge is -1.90. The predicted octanol–water partition coefficient (Wildman–Crippen LogP) is 2.65. The number of rotatable bonds is 3. The Morgan fingerprint density at radius 2 is 2.56 bits per heavy atom. The summed E-state index contributed by atoms with van der Waals surface area (Å²) in [6.07, 6.45) is 3.37. The van der Waals surface area contributed by atoms with Gasteiger partial charge in [0.1, 0.15) is 0 Å². The Balaban J connectivity index is 2.30. The monoisotopic (exact) mass is 158 g/mol. The molecule has 0 nitrogen and oxygen atoms in total. The van der Waals surface area contributed by atoms with Crippen LogP contribution in [-0.2, 0) is 6.42 Å². The lowest BCUT2D eigenvalue weighted by atomic mass is 10.3. The Labute approximate surface area is 64.3 Å². The van der Waals surface area contributed by atoms with Gasteiger partial charge in [0.25, 0.3) is 0 Å². The normalized spacial score (nSPS) is 9.89. The molecule has 0 fully saturated rings. The highest BCUT2D eigenvalue weighted by molar-refractivity contribution is 7.98. The van der Waals surface area contributed by atoms with Crippen molar-refractivity contribution in [2.75, 3.05) is 12.0 Å². The highest BCUT2D eigenvalue weighted by Crippen LogP contribution is 2.08. The number of hydrogen-bond donors (Lipinski definition) is 0. The molecule has 0 bridgehead atoms. The molecule has 0 radical (unpaired) electrons. The molecule has 2 heteroatoms. The van der Waals surface area contributed by atoms with Crippen LogP contribution in [0.2, 0.25) is 0 Å². The van der Waals surface area contributed by atoms with Crippen molar-refractivity contribution >= 4 is 23.1 Å². The van der Waals surface area contributed by atoms with Gasteiger partial charge in [0.15, 0.2) is 0 Å². The molecule has 1 heterocycles. The summed E-state index contributed by atoms with van der Waals surface area (Å²) in [6.45, 7) is 0. The minimum Gasteiger partial charge on any atom is -0.165 e. The van der Waals surface area contributed by atoms with E-state index in [-0.39, 0.29) is 0 Å². The molecular weight excluding hydrogens is 148 g/mol. The Kier molecular flexibility index (Phi) is 3.15. The Morgan fingerprint density at radius 3 is 3.11 bits per heavy atom. The number of thiophene rings is 1. The molecule has 0 saturated heterocycles. The predicted molar refractivity (Wildman–Crippen MR) is 46.4 cm³/mol. The standard InChI is InChI=1S/C7H10S2/c1-8-4-2-7-3-5-9-6-7/h3,5-6H,2,4H2,1H3. The minimum absolute atomic E-state index is 1.23. The van der Waals surface area contributed by atoms with Crippen molar-refractivity contribution in [3.63, 3.8) is 0 Å². The molecule has 0 amide bonds. The van der Waals surface area contributed by atoms with E-state index >= 15 is 0 Å². The van der Waals surface area contributed by atoms with Crippen LogP contribution in [0.25, 0.3) is 0 Å². The van der Waals surface area contributed by atoms with Crippen molar-refractivity contribution in [2.45, 2.75) is 6.42 Å². The van der Waals surface area contributed by atoms with Crippen molar-refractivity contribution in [1.29, 1.82) is 0 Å². The van der Waals surface area contributed by atoms with Gasteiger partial charge in [-0.2, -0.15) is 23.1 Å². The third kappa shape index (κ3) is 2.41. The molecule has 0 saturated carbocycles. The van der Waals surface area contributed by atoms with Crippen molar-refractivity contribution < 1.29 is 0 Å². The molecule has 50 valence electrons. The first-order valence-electron chi connectivity index (χ1n) is 2.93. The van der Waals surface area contributed by atoms with Gasteiger partial charge in [-0.1, -0.05) is 0 Å². The molecule has 0 aliphatic rings. The zero-order valence-corrected chi connectivity index (χ0v) is 7.10. The van der Waals surface area contributed by atoms with Crippen LogP contribution in [0.5, 0.6) is 0 Å². The first kappa shape index (κ1) is 7.16. The molecule has 0 aliphatic heterocycles. The van der Waals surface area contributed by atoms with Crippen LogP contribution in [0.4, 0.5) is 0 Å². The molecule has 0 N–H and O–H groups in total. The molecule has 0 aromatic carbocycles. The number of hydrogen-bond acceptors (Lipinski definition) is 2. The van der Waals surface area contributed by atoms with Crippen molar-refractivity contribution in [3.8, 4) is 0 Å². The van der Waals surface area contributed by atoms with Crippen molar-refractivity contribution in [3.05, 3.63) is 22.4 Å². The summed E-state index contributed by atoms with van der Waals surface area (Å²) < 4.78 is 0. The van der Waals surface area contributed by atoms with Gasteiger partial charge in [0, 0.05) is 0 Å². The summed E-state index contributed by atoms with van der Waals surface area (Å²) in [7, 11) is 0. The van der Waals surface area contributed by atoms with Crippen molar-refractivity contribution in [2.24, 2.45) is 0 Å². The summed E-state index contributed by atoms with van der Waals surface area (Å²) in [6, 6.07) is 2.20. The molecule has 1 rings (SSSR count). The largest absolute Gasteiger partial charge is 0.165 e. The fourth-order valence-corrected chi connectivity index (χ4v) is 1.80. The van der Waals surface area contributed by atoms with Gasteiger partial charge >= 0.3 is 0 Å². The summed E-state index contributed by atoms with van der Waals surface area (Å²) in [5.41, 5.74) is 1.48. The van der Waals surface area contributed by atoms with Gasteiger partial charge in [0.2, 0.25) is 0 Å². The van der Waals surface area contributed by atoms with Gasteiger partial charge in [-0.15, -0.1) is 0 Å². The highest BCUT2D eigenvalue weighted by atomic mass is 32.2. The maximum absolute atomic E-state index is 2.22. The second kappa shape index (κ2) is 3.96. The molecule has 9 heavy (non-hydrogen) atoms. The average molecular weight is 158 g/mol. The minimum atomic E-state index is 1.23. The molecule has 0 atom stereocenters. The SMILES string of the molecule is CSCCc1ccsc1. The summed E-state index contributed by atoms with van der Waals surface area (Å²) in [4.78, 5) is 0. The third-order valence-electron chi connectivity index (χ3n) is 1.17. The third-order valence-corrected chi connectivity index (χ3v) is 2.52. The molecule has 0 aliphatic carbocycles. The fraction of sp³-hybridized carbons (Fsp3) is 0.429. The van der Waals surface area contributed by atoms with E-state index in [2.05, 4.69) is 23.1 Å². The van der Waals surface area contributed by atoms with E-state index in [0.717, 1.165) is 0 Å². The molecule has 1 aromatic heterocycles. The van der Waals surface area contributed by atoms with Gasteiger partial charge in [0.05, 0.1) is 0 Å². The second-order valence-electron chi connectivity index (χ2n) is 1.87. The zero-order valence-electron chi connectivity index (χ0n) is 5.46. The average Bonchev–Trinajstić information content (AvgIpc) is 2.34. The Morgan fingerprint density at radius 1 is 1.67 bits per heavy atom. The van der Waals surface area contributed by atoms with Crippen LogP contribution in [0.1, 0.15) is 5.56 Å². The van der Waals surface area contributed by atoms with E-state index in [0.29, 0.717) is 0 Å². The Hall–Kier alpha value is 0.0500. The van der Waals surface area contributed by atoms with Gasteiger partial charge in [-0.25, -0.2) is 0 Å².